The second-order valence-electron chi connectivity index (χ2n) is 5.83. The number of nitrogens with one attached hydrogen (secondary N) is 2. The van der Waals surface area contributed by atoms with Gasteiger partial charge in [0.2, 0.25) is 5.91 Å². The average Bonchev–Trinajstić information content (AvgIpc) is 2.83. The number of aromatic amines is 1. The van der Waals surface area contributed by atoms with Crippen molar-refractivity contribution in [2.75, 3.05) is 18.8 Å². The number of H-pyrrole nitrogens is 1. The molecule has 1 atom stereocenters. The first kappa shape index (κ1) is 13.0. The van der Waals surface area contributed by atoms with E-state index in [-0.39, 0.29) is 16.7 Å². The van der Waals surface area contributed by atoms with Gasteiger partial charge in [0.15, 0.2) is 0 Å². The lowest BCUT2D eigenvalue weighted by atomic mass is 10.0. The van der Waals surface area contributed by atoms with Crippen LogP contribution in [0.3, 0.4) is 0 Å². The largest absolute Gasteiger partial charge is 0.347 e. The molecular formula is C13H20N4OS. The van der Waals surface area contributed by atoms with Crippen molar-refractivity contribution in [3.05, 3.63) is 17.7 Å². The Labute approximate surface area is 117 Å². The van der Waals surface area contributed by atoms with Gasteiger partial charge in [0.05, 0.1) is 23.8 Å². The van der Waals surface area contributed by atoms with E-state index in [0.717, 1.165) is 30.2 Å². The van der Waals surface area contributed by atoms with Crippen LogP contribution >= 0.6 is 11.8 Å². The third-order valence-corrected chi connectivity index (χ3v) is 5.06. The monoisotopic (exact) mass is 280 g/mol. The molecule has 0 bridgehead atoms. The Kier molecular flexibility index (Phi) is 3.30. The molecule has 3 heterocycles. The molecule has 1 aromatic rings. The molecule has 1 aromatic heterocycles. The summed E-state index contributed by atoms with van der Waals surface area (Å²) >= 11 is 1.95. The van der Waals surface area contributed by atoms with Crippen molar-refractivity contribution >= 4 is 17.7 Å². The van der Waals surface area contributed by atoms with E-state index in [1.165, 1.54) is 0 Å². The fourth-order valence-electron chi connectivity index (χ4n) is 2.77. The van der Waals surface area contributed by atoms with Crippen molar-refractivity contribution in [2.24, 2.45) is 0 Å². The molecule has 0 aliphatic carbocycles. The SMILES string of the molecule is CC1(C)CN(C(=O)C2Cc3nc[nH]c3CN2)CCS1. The number of rotatable bonds is 1. The smallest absolute Gasteiger partial charge is 0.240 e. The number of nitrogens with zero attached hydrogens (tertiary/aromatic N) is 2. The molecule has 1 fully saturated rings. The number of hydrogen-bond donors (Lipinski definition) is 2. The minimum Gasteiger partial charge on any atom is -0.347 e. The predicted molar refractivity (Wildman–Crippen MR) is 76.0 cm³/mol. The summed E-state index contributed by atoms with van der Waals surface area (Å²) in [5.41, 5.74) is 2.14. The van der Waals surface area contributed by atoms with E-state index in [1.54, 1.807) is 6.33 Å². The predicted octanol–water partition coefficient (Wildman–Crippen LogP) is 0.778. The third-order valence-electron chi connectivity index (χ3n) is 3.77. The van der Waals surface area contributed by atoms with Crippen LogP contribution in [0.25, 0.3) is 0 Å². The molecular weight excluding hydrogens is 260 g/mol. The van der Waals surface area contributed by atoms with E-state index in [4.69, 9.17) is 0 Å². The lowest BCUT2D eigenvalue weighted by Crippen LogP contribution is -2.54. The van der Waals surface area contributed by atoms with Crippen LogP contribution in [0.15, 0.2) is 6.33 Å². The summed E-state index contributed by atoms with van der Waals surface area (Å²) in [6, 6.07) is -0.116. The summed E-state index contributed by atoms with van der Waals surface area (Å²) in [5, 5.41) is 3.32. The molecule has 1 saturated heterocycles. The van der Waals surface area contributed by atoms with E-state index in [0.29, 0.717) is 13.0 Å². The first-order chi connectivity index (χ1) is 9.05. The Morgan fingerprint density at radius 2 is 2.42 bits per heavy atom. The summed E-state index contributed by atoms with van der Waals surface area (Å²) in [6.45, 7) is 6.81. The van der Waals surface area contributed by atoms with Crippen LogP contribution in [-0.4, -0.2) is 50.4 Å². The van der Waals surface area contributed by atoms with Crippen molar-refractivity contribution in [3.8, 4) is 0 Å². The lowest BCUT2D eigenvalue weighted by Gasteiger charge is -2.39. The van der Waals surface area contributed by atoms with Gasteiger partial charge >= 0.3 is 0 Å². The van der Waals surface area contributed by atoms with Crippen molar-refractivity contribution in [1.29, 1.82) is 0 Å². The molecule has 0 saturated carbocycles. The first-order valence-electron chi connectivity index (χ1n) is 6.72. The Bertz CT molecular complexity index is 485. The number of amides is 1. The molecule has 1 unspecified atom stereocenters. The van der Waals surface area contributed by atoms with Gasteiger partial charge in [-0.15, -0.1) is 0 Å². The Morgan fingerprint density at radius 3 is 3.21 bits per heavy atom. The second-order valence-corrected chi connectivity index (χ2v) is 7.64. The number of hydrogen-bond acceptors (Lipinski definition) is 4. The zero-order chi connectivity index (χ0) is 13.5. The molecule has 104 valence electrons. The minimum absolute atomic E-state index is 0.116. The highest BCUT2D eigenvalue weighted by atomic mass is 32.2. The molecule has 3 rings (SSSR count). The Hall–Kier alpha value is -1.01. The molecule has 5 nitrogen and oxygen atoms in total. The van der Waals surface area contributed by atoms with Gasteiger partial charge in [0.25, 0.3) is 0 Å². The first-order valence-corrected chi connectivity index (χ1v) is 7.71. The lowest BCUT2D eigenvalue weighted by molar-refractivity contribution is -0.134. The van der Waals surface area contributed by atoms with Crippen molar-refractivity contribution < 1.29 is 4.79 Å². The molecule has 0 aromatic carbocycles. The number of carbonyl (C=O) groups excluding carboxylic acids is 1. The maximum Gasteiger partial charge on any atom is 0.240 e. The van der Waals surface area contributed by atoms with Crippen LogP contribution in [0.1, 0.15) is 25.2 Å². The molecule has 2 aliphatic heterocycles. The van der Waals surface area contributed by atoms with Gasteiger partial charge in [-0.05, 0) is 13.8 Å². The molecule has 0 radical (unpaired) electrons. The van der Waals surface area contributed by atoms with Crippen LogP contribution in [0.2, 0.25) is 0 Å². The Morgan fingerprint density at radius 1 is 1.58 bits per heavy atom. The van der Waals surface area contributed by atoms with Crippen molar-refractivity contribution in [2.45, 2.75) is 37.6 Å². The summed E-state index contributed by atoms with van der Waals surface area (Å²) in [7, 11) is 0. The summed E-state index contributed by atoms with van der Waals surface area (Å²) in [4.78, 5) is 22.0. The van der Waals surface area contributed by atoms with Crippen molar-refractivity contribution in [1.82, 2.24) is 20.2 Å². The van der Waals surface area contributed by atoms with E-state index in [2.05, 4.69) is 29.1 Å². The summed E-state index contributed by atoms with van der Waals surface area (Å²) in [6.07, 6.45) is 2.40. The number of aromatic nitrogens is 2. The van der Waals surface area contributed by atoms with Crippen LogP contribution in [-0.2, 0) is 17.8 Å². The molecule has 1 amide bonds. The Balaban J connectivity index is 1.68. The highest BCUT2D eigenvalue weighted by Gasteiger charge is 2.34. The van der Waals surface area contributed by atoms with Gasteiger partial charge in [-0.3, -0.25) is 10.1 Å². The van der Waals surface area contributed by atoms with E-state index in [9.17, 15) is 4.79 Å². The minimum atomic E-state index is -0.116. The molecule has 19 heavy (non-hydrogen) atoms. The highest BCUT2D eigenvalue weighted by molar-refractivity contribution is 8.00. The number of carbonyl (C=O) groups is 1. The second kappa shape index (κ2) is 4.83. The molecule has 6 heteroatoms. The number of thioether (sulfide) groups is 1. The number of fused-ring (bicyclic) bond motifs is 1. The van der Waals surface area contributed by atoms with E-state index in [1.807, 2.05) is 16.7 Å². The zero-order valence-corrected chi connectivity index (χ0v) is 12.2. The van der Waals surface area contributed by atoms with Crippen LogP contribution in [0.5, 0.6) is 0 Å². The van der Waals surface area contributed by atoms with Gasteiger partial charge in [-0.25, -0.2) is 4.98 Å². The summed E-state index contributed by atoms with van der Waals surface area (Å²) < 4.78 is 0.167. The van der Waals surface area contributed by atoms with E-state index < -0.39 is 0 Å². The van der Waals surface area contributed by atoms with Crippen molar-refractivity contribution in [3.63, 3.8) is 0 Å². The third kappa shape index (κ3) is 2.65. The highest BCUT2D eigenvalue weighted by Crippen LogP contribution is 2.30. The van der Waals surface area contributed by atoms with E-state index >= 15 is 0 Å². The van der Waals surface area contributed by atoms with Gasteiger partial charge in [0, 0.05) is 36.6 Å². The van der Waals surface area contributed by atoms with Gasteiger partial charge in [-0.2, -0.15) is 11.8 Å². The van der Waals surface area contributed by atoms with Crippen LogP contribution in [0.4, 0.5) is 0 Å². The molecule has 2 aliphatic rings. The quantitative estimate of drug-likeness (QED) is 0.798. The normalized spacial score (nSPS) is 26.0. The maximum absolute atomic E-state index is 12.6. The number of imidazole rings is 1. The standard InChI is InChI=1S/C13H20N4OS/c1-13(2)7-17(3-4-19-13)12(18)10-5-9-11(6-14-10)16-8-15-9/h8,10,14H,3-7H2,1-2H3,(H,15,16). The summed E-state index contributed by atoms with van der Waals surface area (Å²) in [5.74, 6) is 1.25. The zero-order valence-electron chi connectivity index (χ0n) is 11.4. The van der Waals surface area contributed by atoms with Crippen LogP contribution in [0, 0.1) is 0 Å². The van der Waals surface area contributed by atoms with Gasteiger partial charge in [-0.1, -0.05) is 0 Å². The van der Waals surface area contributed by atoms with Crippen LogP contribution < -0.4 is 5.32 Å². The average molecular weight is 280 g/mol. The fraction of sp³-hybridized carbons (Fsp3) is 0.692. The van der Waals surface area contributed by atoms with Gasteiger partial charge < -0.3 is 9.88 Å². The maximum atomic E-state index is 12.6. The topological polar surface area (TPSA) is 61.0 Å². The molecule has 0 spiro atoms. The van der Waals surface area contributed by atoms with Gasteiger partial charge in [0.1, 0.15) is 0 Å². The fourth-order valence-corrected chi connectivity index (χ4v) is 3.88. The molecule has 2 N–H and O–H groups in total.